The second-order valence-electron chi connectivity index (χ2n) is 4.87. The highest BCUT2D eigenvalue weighted by Gasteiger charge is 2.18. The number of carbonyl (C=O) groups excluding carboxylic acids is 1. The highest BCUT2D eigenvalue weighted by Crippen LogP contribution is 2.26. The highest BCUT2D eigenvalue weighted by molar-refractivity contribution is 5.95. The molecule has 1 aromatic heterocycles. The van der Waals surface area contributed by atoms with E-state index < -0.39 is 0 Å². The van der Waals surface area contributed by atoms with Crippen LogP contribution in [0, 0.1) is 0 Å². The molecule has 0 bridgehead atoms. The predicted molar refractivity (Wildman–Crippen MR) is 78.3 cm³/mol. The van der Waals surface area contributed by atoms with Crippen molar-refractivity contribution in [2.45, 2.75) is 6.42 Å². The minimum Gasteiger partial charge on any atom is -0.469 e. The number of ether oxygens (including phenoxy) is 2. The van der Waals surface area contributed by atoms with E-state index in [2.05, 4.69) is 15.1 Å². The van der Waals surface area contributed by atoms with Gasteiger partial charge in [-0.25, -0.2) is 0 Å². The maximum Gasteiger partial charge on any atom is 0.311 e. The molecule has 0 unspecified atom stereocenters. The molecule has 2 aromatic rings. The molecule has 6 heteroatoms. The van der Waals surface area contributed by atoms with Gasteiger partial charge in [-0.2, -0.15) is 5.10 Å². The third kappa shape index (κ3) is 2.80. The first-order valence-corrected chi connectivity index (χ1v) is 6.93. The van der Waals surface area contributed by atoms with E-state index in [1.165, 1.54) is 7.11 Å². The summed E-state index contributed by atoms with van der Waals surface area (Å²) in [5.74, 6) is 0.538. The van der Waals surface area contributed by atoms with Crippen molar-refractivity contribution >= 4 is 22.6 Å². The zero-order valence-corrected chi connectivity index (χ0v) is 11.9. The minimum atomic E-state index is -0.312. The second-order valence-corrected chi connectivity index (χ2v) is 4.87. The summed E-state index contributed by atoms with van der Waals surface area (Å²) >= 11 is 0. The first kappa shape index (κ1) is 13.8. The van der Waals surface area contributed by atoms with Crippen molar-refractivity contribution in [3.63, 3.8) is 0 Å². The lowest BCUT2D eigenvalue weighted by Crippen LogP contribution is -2.37. The summed E-state index contributed by atoms with van der Waals surface area (Å²) in [5, 5.41) is 10.5. The first-order chi connectivity index (χ1) is 10.3. The van der Waals surface area contributed by atoms with Crippen LogP contribution in [0.15, 0.2) is 24.3 Å². The van der Waals surface area contributed by atoms with Crippen LogP contribution in [0.5, 0.6) is 0 Å². The summed E-state index contributed by atoms with van der Waals surface area (Å²) in [6.07, 6.45) is 0.132. The third-order valence-corrected chi connectivity index (χ3v) is 3.59. The molecule has 0 saturated carbocycles. The summed E-state index contributed by atoms with van der Waals surface area (Å²) in [5.41, 5.74) is 0.648. The van der Waals surface area contributed by atoms with E-state index in [0.29, 0.717) is 18.9 Å². The zero-order chi connectivity index (χ0) is 14.7. The van der Waals surface area contributed by atoms with Crippen molar-refractivity contribution in [3.05, 3.63) is 30.0 Å². The lowest BCUT2D eigenvalue weighted by molar-refractivity contribution is -0.139. The normalized spacial score (nSPS) is 15.2. The van der Waals surface area contributed by atoms with Crippen LogP contribution in [0.2, 0.25) is 0 Å². The highest BCUT2D eigenvalue weighted by atomic mass is 16.5. The summed E-state index contributed by atoms with van der Waals surface area (Å²) in [6.45, 7) is 2.99. The van der Waals surface area contributed by atoms with Crippen molar-refractivity contribution in [2.24, 2.45) is 0 Å². The molecule has 6 nitrogen and oxygen atoms in total. The molecule has 0 spiro atoms. The molecule has 21 heavy (non-hydrogen) atoms. The first-order valence-electron chi connectivity index (χ1n) is 6.93. The number of fused-ring (bicyclic) bond motifs is 1. The average Bonchev–Trinajstić information content (AvgIpc) is 2.56. The summed E-state index contributed by atoms with van der Waals surface area (Å²) < 4.78 is 10.1. The Morgan fingerprint density at radius 3 is 2.67 bits per heavy atom. The zero-order valence-electron chi connectivity index (χ0n) is 11.9. The summed E-state index contributed by atoms with van der Waals surface area (Å²) in [4.78, 5) is 13.7. The van der Waals surface area contributed by atoms with Gasteiger partial charge < -0.3 is 14.4 Å². The Morgan fingerprint density at radius 1 is 1.24 bits per heavy atom. The summed E-state index contributed by atoms with van der Waals surface area (Å²) in [7, 11) is 1.38. The van der Waals surface area contributed by atoms with Crippen LogP contribution in [0.25, 0.3) is 10.8 Å². The molecule has 110 valence electrons. The molecule has 0 N–H and O–H groups in total. The molecule has 0 aliphatic carbocycles. The molecular weight excluding hydrogens is 270 g/mol. The molecule has 1 aromatic carbocycles. The number of hydrogen-bond acceptors (Lipinski definition) is 6. The Kier molecular flexibility index (Phi) is 3.96. The summed E-state index contributed by atoms with van der Waals surface area (Å²) in [6, 6.07) is 7.88. The van der Waals surface area contributed by atoms with Crippen LogP contribution in [0.1, 0.15) is 5.69 Å². The van der Waals surface area contributed by atoms with Crippen molar-refractivity contribution in [3.8, 4) is 0 Å². The van der Waals surface area contributed by atoms with Gasteiger partial charge in [0.1, 0.15) is 0 Å². The number of carbonyl (C=O) groups is 1. The van der Waals surface area contributed by atoms with E-state index in [1.54, 1.807) is 0 Å². The number of nitrogens with zero attached hydrogens (tertiary/aromatic N) is 3. The monoisotopic (exact) mass is 287 g/mol. The van der Waals surface area contributed by atoms with Crippen LogP contribution >= 0.6 is 0 Å². The maximum atomic E-state index is 11.5. The average molecular weight is 287 g/mol. The number of aromatic nitrogens is 2. The van der Waals surface area contributed by atoms with E-state index in [9.17, 15) is 4.79 Å². The number of benzene rings is 1. The maximum absolute atomic E-state index is 11.5. The van der Waals surface area contributed by atoms with Crippen molar-refractivity contribution in [2.75, 3.05) is 38.3 Å². The molecular formula is C15H17N3O3. The molecule has 0 radical (unpaired) electrons. The number of anilines is 1. The minimum absolute atomic E-state index is 0.132. The lowest BCUT2D eigenvalue weighted by atomic mass is 10.1. The van der Waals surface area contributed by atoms with E-state index >= 15 is 0 Å². The molecule has 1 saturated heterocycles. The van der Waals surface area contributed by atoms with Crippen molar-refractivity contribution < 1.29 is 14.3 Å². The van der Waals surface area contributed by atoms with Gasteiger partial charge in [0.2, 0.25) is 0 Å². The third-order valence-electron chi connectivity index (χ3n) is 3.59. The Balaban J connectivity index is 2.03. The fourth-order valence-electron chi connectivity index (χ4n) is 2.49. The number of rotatable bonds is 3. The molecule has 1 fully saturated rings. The largest absolute Gasteiger partial charge is 0.469 e. The quantitative estimate of drug-likeness (QED) is 0.790. The Bertz CT molecular complexity index is 654. The van der Waals surface area contributed by atoms with Gasteiger partial charge in [-0.15, -0.1) is 5.10 Å². The number of esters is 1. The smallest absolute Gasteiger partial charge is 0.311 e. The standard InChI is InChI=1S/C15H17N3O3/c1-20-14(19)10-13-11-4-2-3-5-12(11)15(17-16-13)18-6-8-21-9-7-18/h2-5H,6-10H2,1H3. The van der Waals surface area contributed by atoms with E-state index in [-0.39, 0.29) is 12.4 Å². The van der Waals surface area contributed by atoms with Crippen LogP contribution in [0.4, 0.5) is 5.82 Å². The van der Waals surface area contributed by atoms with E-state index in [1.807, 2.05) is 24.3 Å². The number of methoxy groups -OCH3 is 1. The Hall–Kier alpha value is -2.21. The Morgan fingerprint density at radius 2 is 1.95 bits per heavy atom. The van der Waals surface area contributed by atoms with Gasteiger partial charge in [-0.1, -0.05) is 24.3 Å². The molecule has 2 heterocycles. The van der Waals surface area contributed by atoms with Gasteiger partial charge in [-0.3, -0.25) is 4.79 Å². The van der Waals surface area contributed by atoms with Gasteiger partial charge in [-0.05, 0) is 0 Å². The molecule has 1 aliphatic heterocycles. The SMILES string of the molecule is COC(=O)Cc1nnc(N2CCOCC2)c2ccccc12. The molecule has 3 rings (SSSR count). The second kappa shape index (κ2) is 6.05. The fourth-order valence-corrected chi connectivity index (χ4v) is 2.49. The van der Waals surface area contributed by atoms with Gasteiger partial charge in [0, 0.05) is 23.9 Å². The fraction of sp³-hybridized carbons (Fsp3) is 0.400. The predicted octanol–water partition coefficient (Wildman–Crippen LogP) is 1.18. The lowest BCUT2D eigenvalue weighted by Gasteiger charge is -2.28. The topological polar surface area (TPSA) is 64.5 Å². The molecule has 0 atom stereocenters. The number of hydrogen-bond donors (Lipinski definition) is 0. The van der Waals surface area contributed by atoms with Gasteiger partial charge >= 0.3 is 5.97 Å². The van der Waals surface area contributed by atoms with E-state index in [4.69, 9.17) is 9.47 Å². The van der Waals surface area contributed by atoms with Gasteiger partial charge in [0.25, 0.3) is 0 Å². The molecule has 1 aliphatic rings. The van der Waals surface area contributed by atoms with Gasteiger partial charge in [0.15, 0.2) is 5.82 Å². The van der Waals surface area contributed by atoms with Crippen LogP contribution < -0.4 is 4.90 Å². The van der Waals surface area contributed by atoms with Crippen LogP contribution in [0.3, 0.4) is 0 Å². The molecule has 0 amide bonds. The van der Waals surface area contributed by atoms with Crippen molar-refractivity contribution in [1.29, 1.82) is 0 Å². The van der Waals surface area contributed by atoms with Gasteiger partial charge in [0.05, 0.1) is 32.4 Å². The van der Waals surface area contributed by atoms with Crippen molar-refractivity contribution in [1.82, 2.24) is 10.2 Å². The van der Waals surface area contributed by atoms with Crippen LogP contribution in [-0.4, -0.2) is 49.6 Å². The number of morpholine rings is 1. The van der Waals surface area contributed by atoms with E-state index in [0.717, 1.165) is 29.7 Å². The Labute approximate surface area is 122 Å². The van der Waals surface area contributed by atoms with Crippen LogP contribution in [-0.2, 0) is 20.7 Å².